The maximum atomic E-state index is 17.2. The number of hydrogen-bond acceptors (Lipinski definition) is 17. The van der Waals surface area contributed by atoms with Crippen molar-refractivity contribution < 1.29 is 47.3 Å². The number of nitrogens with zero attached hydrogens (tertiary/aromatic N) is 6. The Bertz CT molecular complexity index is 3070. The Kier molecular flexibility index (Phi) is 21.9. The number of pyridine rings is 1. The average molecular weight is 1120 g/mol. The molecule has 432 valence electrons. The quantitative estimate of drug-likeness (QED) is 0.0174. The van der Waals surface area contributed by atoms with Crippen LogP contribution in [-0.4, -0.2) is 172 Å². The molecule has 3 aromatic carbocycles. The fraction of sp³-hybridized carbons (Fsp3) is 0.475. The second-order valence-electron chi connectivity index (χ2n) is 21.6. The molecular formula is C61H76F2N10O8. The monoisotopic (exact) mass is 1110 g/mol. The zero-order valence-corrected chi connectivity index (χ0v) is 46.9. The number of ether oxygens (including phenoxy) is 2. The van der Waals surface area contributed by atoms with Gasteiger partial charge in [0.1, 0.15) is 48.3 Å². The van der Waals surface area contributed by atoms with Crippen LogP contribution in [-0.2, 0) is 19.1 Å². The average Bonchev–Trinajstić information content (AvgIpc) is 4.14. The number of hydrogen-bond donors (Lipinski definition) is 5. The summed E-state index contributed by atoms with van der Waals surface area (Å²) in [6, 6.07) is 11.4. The molecule has 4 fully saturated rings. The standard InChI is InChI=1S/C52H58F2N8O5.C8H16N2O2.CH2O/c1-4-42-45(53)12-8-34-21-41(65)22-43(46(34)42)48-47(54)49-44(24-57-48)50(61-26-38-10-11-39(27-61)58-38)60-51(59-49)67-31-52-16-13-40(62(52)25-32(2)23-52)30-66-19-15-33(14-18-55-3)6-5-17-56-37-9-7-35(28-63)36(20-37)29-64;1-9-8(12)5-4-7(6-11)10(2)3;1-2/h1,7-9,12,20-22,24,28-29,33,38-40,55-56,58,65H,2,5-6,10-11,13-19,23,25-27,30-31H2,3H3;6-7H,4-5H2,1-3H3,(H,9,12);1H2. The van der Waals surface area contributed by atoms with Gasteiger partial charge in [0.05, 0.1) is 29.1 Å². The van der Waals surface area contributed by atoms with Gasteiger partial charge in [-0.2, -0.15) is 9.97 Å². The molecule has 18 nitrogen and oxygen atoms in total. The fourth-order valence-corrected chi connectivity index (χ4v) is 11.8. The minimum atomic E-state index is -0.753. The second kappa shape index (κ2) is 28.9. The summed E-state index contributed by atoms with van der Waals surface area (Å²) in [4.78, 5) is 72.6. The predicted molar refractivity (Wildman–Crippen MR) is 310 cm³/mol. The van der Waals surface area contributed by atoms with Crippen molar-refractivity contribution in [2.75, 3.05) is 91.0 Å². The summed E-state index contributed by atoms with van der Waals surface area (Å²) >= 11 is 0. The number of nitrogens with one attached hydrogen (secondary N) is 4. The van der Waals surface area contributed by atoms with E-state index >= 15 is 8.78 Å². The van der Waals surface area contributed by atoms with Gasteiger partial charge in [0.25, 0.3) is 0 Å². The lowest BCUT2D eigenvalue weighted by Gasteiger charge is -2.35. The molecule has 1 amide bonds. The Hall–Kier alpha value is -7.28. The summed E-state index contributed by atoms with van der Waals surface area (Å²) in [7, 11) is 7.20. The Morgan fingerprint density at radius 1 is 1.00 bits per heavy atom. The maximum absolute atomic E-state index is 17.2. The number of phenols is 1. The molecule has 81 heavy (non-hydrogen) atoms. The van der Waals surface area contributed by atoms with E-state index in [-0.39, 0.29) is 81.7 Å². The number of benzene rings is 3. The highest BCUT2D eigenvalue weighted by atomic mass is 19.1. The lowest BCUT2D eigenvalue weighted by Crippen LogP contribution is -2.51. The normalized spacial score (nSPS) is 19.9. The van der Waals surface area contributed by atoms with Crippen LogP contribution >= 0.6 is 0 Å². The molecule has 4 saturated heterocycles. The number of carbonyl (C=O) groups is 5. The molecule has 5 N–H and O–H groups in total. The first-order valence-corrected chi connectivity index (χ1v) is 27.7. The van der Waals surface area contributed by atoms with E-state index in [9.17, 15) is 24.3 Å². The first kappa shape index (κ1) is 61.3. The van der Waals surface area contributed by atoms with Crippen LogP contribution in [0.15, 0.2) is 60.8 Å². The molecule has 6 heterocycles. The maximum Gasteiger partial charge on any atom is 0.319 e. The summed E-state index contributed by atoms with van der Waals surface area (Å²) in [5.74, 6) is 1.87. The zero-order chi connectivity index (χ0) is 58.2. The van der Waals surface area contributed by atoms with Gasteiger partial charge in [-0.05, 0) is 140 Å². The Morgan fingerprint density at radius 3 is 2.46 bits per heavy atom. The van der Waals surface area contributed by atoms with E-state index in [0.717, 1.165) is 95.0 Å². The van der Waals surface area contributed by atoms with E-state index in [2.05, 4.69) is 48.6 Å². The van der Waals surface area contributed by atoms with Crippen LogP contribution in [0.25, 0.3) is 32.9 Å². The molecule has 0 spiro atoms. The van der Waals surface area contributed by atoms with Gasteiger partial charge in [0.2, 0.25) is 5.91 Å². The number of aldehydes is 3. The molecule has 4 aliphatic rings. The number of fused-ring (bicyclic) bond motifs is 5. The van der Waals surface area contributed by atoms with Crippen LogP contribution in [0.4, 0.5) is 20.3 Å². The van der Waals surface area contributed by atoms with Crippen LogP contribution in [0.1, 0.15) is 96.9 Å². The number of terminal acetylenes is 1. The molecule has 0 radical (unpaired) electrons. The van der Waals surface area contributed by atoms with Crippen LogP contribution < -0.4 is 30.9 Å². The molecule has 2 bridgehead atoms. The highest BCUT2D eigenvalue weighted by Crippen LogP contribution is 2.45. The number of halogens is 2. The van der Waals surface area contributed by atoms with Crippen molar-refractivity contribution in [3.63, 3.8) is 0 Å². The van der Waals surface area contributed by atoms with Crippen molar-refractivity contribution in [3.05, 3.63) is 89.1 Å². The fourth-order valence-electron chi connectivity index (χ4n) is 11.8. The molecule has 2 aromatic heterocycles. The highest BCUT2D eigenvalue weighted by Gasteiger charge is 2.51. The summed E-state index contributed by atoms with van der Waals surface area (Å²) in [6.07, 6.45) is 19.1. The van der Waals surface area contributed by atoms with E-state index in [1.165, 1.54) is 24.3 Å². The number of aromatic hydroxyl groups is 1. The third-order valence-corrected chi connectivity index (χ3v) is 16.1. The first-order chi connectivity index (χ1) is 39.2. The highest BCUT2D eigenvalue weighted by molar-refractivity contribution is 6.03. The zero-order valence-electron chi connectivity index (χ0n) is 46.9. The van der Waals surface area contributed by atoms with Gasteiger partial charge in [-0.1, -0.05) is 24.1 Å². The minimum Gasteiger partial charge on any atom is -0.508 e. The predicted octanol–water partition coefficient (Wildman–Crippen LogP) is 6.90. The summed E-state index contributed by atoms with van der Waals surface area (Å²) in [5, 5.41) is 24.7. The Balaban J connectivity index is 0.000000601. The molecule has 6 unspecified atom stereocenters. The van der Waals surface area contributed by atoms with Gasteiger partial charge in [-0.15, -0.1) is 6.42 Å². The Morgan fingerprint density at radius 2 is 1.77 bits per heavy atom. The smallest absolute Gasteiger partial charge is 0.319 e. The Labute approximate surface area is 472 Å². The molecular weight excluding hydrogens is 1040 g/mol. The summed E-state index contributed by atoms with van der Waals surface area (Å²) in [6.45, 7) is 11.7. The summed E-state index contributed by atoms with van der Waals surface area (Å²) in [5.41, 5.74) is 2.35. The van der Waals surface area contributed by atoms with Crippen molar-refractivity contribution in [2.24, 2.45) is 5.92 Å². The van der Waals surface area contributed by atoms with Crippen LogP contribution in [0.5, 0.6) is 11.8 Å². The van der Waals surface area contributed by atoms with E-state index in [0.29, 0.717) is 85.4 Å². The van der Waals surface area contributed by atoms with Crippen LogP contribution in [0.3, 0.4) is 0 Å². The van der Waals surface area contributed by atoms with E-state index in [4.69, 9.17) is 30.7 Å². The largest absolute Gasteiger partial charge is 0.508 e. The SMILES string of the molecule is C#Cc1c(F)ccc2cc(O)cc(-c3ncc4c(N5CC6CCC(C5)N6)nc(OCC56CCC(COCCC(CCCNc7ccc(C=O)c(C=O)c7)CCNC)N5CC(=C)C6)nc4c3F)c12.C=O.CNC(=O)CCC(C=O)N(C)C. The molecule has 5 aromatic rings. The lowest BCUT2D eigenvalue weighted by molar-refractivity contribution is -0.121. The number of carbonyl (C=O) groups excluding carboxylic acids is 5. The number of rotatable bonds is 25. The minimum absolute atomic E-state index is 0.0109. The van der Waals surface area contributed by atoms with Crippen molar-refractivity contribution in [2.45, 2.75) is 100 Å². The number of amides is 1. The summed E-state index contributed by atoms with van der Waals surface area (Å²) < 4.78 is 45.3. The van der Waals surface area contributed by atoms with Gasteiger partial charge in [-0.3, -0.25) is 29.2 Å². The van der Waals surface area contributed by atoms with E-state index in [1.807, 2.05) is 34.0 Å². The van der Waals surface area contributed by atoms with Gasteiger partial charge in [0, 0.05) is 98.3 Å². The number of anilines is 2. The molecule has 20 heteroatoms. The van der Waals surface area contributed by atoms with Gasteiger partial charge >= 0.3 is 6.01 Å². The first-order valence-electron chi connectivity index (χ1n) is 27.7. The molecule has 4 aliphatic heterocycles. The van der Waals surface area contributed by atoms with Crippen molar-refractivity contribution >= 4 is 64.7 Å². The van der Waals surface area contributed by atoms with Crippen molar-refractivity contribution in [1.29, 1.82) is 0 Å². The number of likely N-dealkylation sites (N-methyl/N-ethyl adjacent to an activating group) is 1. The van der Waals surface area contributed by atoms with E-state index < -0.39 is 11.6 Å². The van der Waals surface area contributed by atoms with Gasteiger partial charge < -0.3 is 50.3 Å². The third-order valence-electron chi connectivity index (χ3n) is 16.1. The van der Waals surface area contributed by atoms with Crippen LogP contribution in [0.2, 0.25) is 0 Å². The van der Waals surface area contributed by atoms with Gasteiger partial charge in [0.15, 0.2) is 18.4 Å². The third kappa shape index (κ3) is 14.8. The lowest BCUT2D eigenvalue weighted by atomic mass is 9.94. The van der Waals surface area contributed by atoms with Crippen molar-refractivity contribution in [3.8, 4) is 35.4 Å². The topological polar surface area (TPSA) is 221 Å². The second-order valence-corrected chi connectivity index (χ2v) is 21.6. The number of aromatic nitrogens is 3. The number of phenolic OH excluding ortho intramolecular Hbond substituents is 1. The molecule has 9 rings (SSSR count). The van der Waals surface area contributed by atoms with Crippen molar-refractivity contribution in [1.82, 2.24) is 40.7 Å². The molecule has 0 aliphatic carbocycles. The van der Waals surface area contributed by atoms with Crippen LogP contribution in [0, 0.1) is 29.9 Å². The van der Waals surface area contributed by atoms with Gasteiger partial charge in [-0.25, -0.2) is 8.78 Å². The van der Waals surface area contributed by atoms with E-state index in [1.54, 1.807) is 30.3 Å². The molecule has 6 atom stereocenters. The number of piperazine rings is 1. The molecule has 0 saturated carbocycles.